The summed E-state index contributed by atoms with van der Waals surface area (Å²) in [5.74, 6) is 0. The number of nitrogens with zero attached hydrogens (tertiary/aromatic N) is 2. The largest absolute Gasteiger partial charge is 0.258 e. The van der Waals surface area contributed by atoms with E-state index in [1.165, 1.54) is 43.4 Å². The second-order valence-corrected chi connectivity index (χ2v) is 7.86. The topological polar surface area (TPSA) is 25.8 Å². The van der Waals surface area contributed by atoms with Gasteiger partial charge in [-0.15, -0.1) is 0 Å². The van der Waals surface area contributed by atoms with E-state index in [-0.39, 0.29) is 0 Å². The maximum absolute atomic E-state index is 4.81. The zero-order valence-electron chi connectivity index (χ0n) is 17.2. The minimum Gasteiger partial charge on any atom is -0.258 e. The quantitative estimate of drug-likeness (QED) is 0.282. The molecule has 0 aliphatic carbocycles. The van der Waals surface area contributed by atoms with E-state index in [4.69, 9.17) is 4.98 Å². The van der Waals surface area contributed by atoms with Gasteiger partial charge < -0.3 is 0 Å². The fourth-order valence-corrected chi connectivity index (χ4v) is 4.76. The first kappa shape index (κ1) is 17.8. The molecule has 0 spiro atoms. The highest BCUT2D eigenvalue weighted by atomic mass is 14.8. The Balaban J connectivity index is 1.91. The zero-order chi connectivity index (χ0) is 20.8. The number of hydrogen-bond acceptors (Lipinski definition) is 2. The summed E-state index contributed by atoms with van der Waals surface area (Å²) in [6.45, 7) is 2.04. The molecular formula is C29H20N2. The molecule has 2 heteroatoms. The molecule has 6 rings (SSSR count). The average molecular weight is 396 g/mol. The second-order valence-electron chi connectivity index (χ2n) is 7.86. The molecule has 5 aromatic carbocycles. The summed E-state index contributed by atoms with van der Waals surface area (Å²) in [4.78, 5) is 9.39. The molecule has 0 aliphatic heterocycles. The number of aromatic nitrogens is 2. The monoisotopic (exact) mass is 396 g/mol. The molecule has 1 heterocycles. The molecule has 0 atom stereocenters. The van der Waals surface area contributed by atoms with E-state index in [1.807, 2.05) is 6.92 Å². The van der Waals surface area contributed by atoms with Gasteiger partial charge in [0.25, 0.3) is 0 Å². The summed E-state index contributed by atoms with van der Waals surface area (Å²) in [5, 5.41) is 7.41. The molecule has 2 nitrogen and oxygen atoms in total. The van der Waals surface area contributed by atoms with Gasteiger partial charge in [-0.3, -0.25) is 9.97 Å². The van der Waals surface area contributed by atoms with Gasteiger partial charge in [-0.1, -0.05) is 91.0 Å². The van der Waals surface area contributed by atoms with Gasteiger partial charge in [0.1, 0.15) is 0 Å². The Labute approximate surface area is 180 Å². The lowest BCUT2D eigenvalue weighted by Crippen LogP contribution is -1.97. The van der Waals surface area contributed by atoms with E-state index in [9.17, 15) is 0 Å². The minimum atomic E-state index is 0.935. The third-order valence-electron chi connectivity index (χ3n) is 6.11. The molecule has 0 saturated carbocycles. The molecule has 6 aromatic rings. The molecule has 31 heavy (non-hydrogen) atoms. The fraction of sp³-hybridized carbons (Fsp3) is 0.0345. The van der Waals surface area contributed by atoms with Crippen molar-refractivity contribution < 1.29 is 0 Å². The van der Waals surface area contributed by atoms with Crippen molar-refractivity contribution in [3.63, 3.8) is 0 Å². The molecule has 0 amide bonds. The van der Waals surface area contributed by atoms with Crippen LogP contribution in [0.3, 0.4) is 0 Å². The van der Waals surface area contributed by atoms with Gasteiger partial charge in [0, 0.05) is 23.5 Å². The Morgan fingerprint density at radius 3 is 1.74 bits per heavy atom. The lowest BCUT2D eigenvalue weighted by Gasteiger charge is -2.19. The van der Waals surface area contributed by atoms with Crippen molar-refractivity contribution in [1.29, 1.82) is 0 Å². The van der Waals surface area contributed by atoms with Gasteiger partial charge in [-0.05, 0) is 44.8 Å². The van der Waals surface area contributed by atoms with E-state index in [2.05, 4.69) is 96.0 Å². The van der Waals surface area contributed by atoms with E-state index in [0.717, 1.165) is 17.0 Å². The number of benzene rings is 5. The molecule has 0 fully saturated rings. The van der Waals surface area contributed by atoms with Crippen LogP contribution >= 0.6 is 0 Å². The molecular weight excluding hydrogens is 376 g/mol. The van der Waals surface area contributed by atoms with Gasteiger partial charge in [-0.2, -0.15) is 0 Å². The first-order valence-electron chi connectivity index (χ1n) is 10.5. The van der Waals surface area contributed by atoms with Crippen LogP contribution in [0.1, 0.15) is 5.69 Å². The summed E-state index contributed by atoms with van der Waals surface area (Å²) >= 11 is 0. The predicted octanol–water partition coefficient (Wildman–Crippen LogP) is 7.58. The van der Waals surface area contributed by atoms with Crippen LogP contribution in [-0.4, -0.2) is 9.97 Å². The highest BCUT2D eigenvalue weighted by Gasteiger charge is 2.20. The predicted molar refractivity (Wildman–Crippen MR) is 130 cm³/mol. The maximum atomic E-state index is 4.81. The van der Waals surface area contributed by atoms with E-state index < -0.39 is 0 Å². The van der Waals surface area contributed by atoms with Crippen molar-refractivity contribution in [2.75, 3.05) is 0 Å². The summed E-state index contributed by atoms with van der Waals surface area (Å²) in [7, 11) is 0. The minimum absolute atomic E-state index is 0.935. The van der Waals surface area contributed by atoms with Crippen molar-refractivity contribution in [2.45, 2.75) is 6.92 Å². The van der Waals surface area contributed by atoms with Crippen molar-refractivity contribution in [3.05, 3.63) is 109 Å². The highest BCUT2D eigenvalue weighted by molar-refractivity contribution is 6.23. The van der Waals surface area contributed by atoms with Gasteiger partial charge in [0.05, 0.1) is 11.4 Å². The van der Waals surface area contributed by atoms with Crippen LogP contribution in [0.15, 0.2) is 103 Å². The lowest BCUT2D eigenvalue weighted by molar-refractivity contribution is 1.13. The fourth-order valence-electron chi connectivity index (χ4n) is 4.76. The maximum Gasteiger partial charge on any atom is 0.0927 e. The number of hydrogen-bond donors (Lipinski definition) is 0. The lowest BCUT2D eigenvalue weighted by atomic mass is 9.84. The molecule has 0 unspecified atom stereocenters. The summed E-state index contributed by atoms with van der Waals surface area (Å²) in [6, 6.07) is 32.5. The normalized spacial score (nSPS) is 11.4. The molecule has 0 bridgehead atoms. The van der Waals surface area contributed by atoms with Crippen LogP contribution in [0.2, 0.25) is 0 Å². The Hall–Kier alpha value is -4.04. The van der Waals surface area contributed by atoms with Gasteiger partial charge in [-0.25, -0.2) is 0 Å². The Morgan fingerprint density at radius 1 is 0.484 bits per heavy atom. The molecule has 0 saturated heterocycles. The zero-order valence-corrected chi connectivity index (χ0v) is 17.2. The molecule has 0 N–H and O–H groups in total. The van der Waals surface area contributed by atoms with Crippen molar-refractivity contribution in [3.8, 4) is 22.4 Å². The van der Waals surface area contributed by atoms with Gasteiger partial charge in [0.2, 0.25) is 0 Å². The summed E-state index contributed by atoms with van der Waals surface area (Å²) in [5.41, 5.74) is 5.46. The first-order chi connectivity index (χ1) is 15.3. The SMILES string of the molecule is Cc1nccnc1-c1c(-c2cccc3ccccc23)c2ccccc2c2ccccc12. The van der Waals surface area contributed by atoms with Crippen LogP contribution in [0.5, 0.6) is 0 Å². The van der Waals surface area contributed by atoms with Crippen molar-refractivity contribution >= 4 is 32.3 Å². The van der Waals surface area contributed by atoms with Gasteiger partial charge in [0.15, 0.2) is 0 Å². The number of rotatable bonds is 2. The Bertz CT molecular complexity index is 1590. The van der Waals surface area contributed by atoms with E-state index in [1.54, 1.807) is 12.4 Å². The summed E-state index contributed by atoms with van der Waals surface area (Å²) in [6.07, 6.45) is 3.55. The Morgan fingerprint density at radius 2 is 1.03 bits per heavy atom. The third-order valence-corrected chi connectivity index (χ3v) is 6.11. The Kier molecular flexibility index (Phi) is 4.03. The van der Waals surface area contributed by atoms with E-state index in [0.29, 0.717) is 0 Å². The average Bonchev–Trinajstić information content (AvgIpc) is 2.83. The third kappa shape index (κ3) is 2.72. The van der Waals surface area contributed by atoms with Crippen LogP contribution in [0.4, 0.5) is 0 Å². The van der Waals surface area contributed by atoms with E-state index >= 15 is 0 Å². The van der Waals surface area contributed by atoms with Crippen LogP contribution in [0.25, 0.3) is 54.7 Å². The molecule has 146 valence electrons. The van der Waals surface area contributed by atoms with Crippen molar-refractivity contribution in [2.24, 2.45) is 0 Å². The smallest absolute Gasteiger partial charge is 0.0927 e. The van der Waals surface area contributed by atoms with Gasteiger partial charge >= 0.3 is 0 Å². The number of aryl methyl sites for hydroxylation is 1. The molecule has 0 radical (unpaired) electrons. The highest BCUT2D eigenvalue weighted by Crippen LogP contribution is 2.45. The standard InChI is InChI=1S/C29H20N2/c1-19-29(31-18-17-30-19)28-26-15-7-5-13-23(26)22-12-4-6-14-25(22)27(28)24-16-8-10-20-9-2-3-11-21(20)24/h2-18H,1H3. The van der Waals surface area contributed by atoms with Crippen LogP contribution < -0.4 is 0 Å². The van der Waals surface area contributed by atoms with Crippen LogP contribution in [-0.2, 0) is 0 Å². The second kappa shape index (κ2) is 7.03. The first-order valence-corrected chi connectivity index (χ1v) is 10.5. The summed E-state index contributed by atoms with van der Waals surface area (Å²) < 4.78 is 0. The number of fused-ring (bicyclic) bond motifs is 4. The molecule has 1 aromatic heterocycles. The van der Waals surface area contributed by atoms with Crippen LogP contribution in [0, 0.1) is 6.92 Å². The molecule has 0 aliphatic rings. The van der Waals surface area contributed by atoms with Crippen molar-refractivity contribution in [1.82, 2.24) is 9.97 Å².